The first-order valence-electron chi connectivity index (χ1n) is 4.94. The third kappa shape index (κ3) is 1.11. The maximum absolute atomic E-state index is 5.80. The fourth-order valence-electron chi connectivity index (χ4n) is 2.56. The summed E-state index contributed by atoms with van der Waals surface area (Å²) in [7, 11) is 0. The second-order valence-corrected chi connectivity index (χ2v) is 4.64. The molecule has 1 heteroatoms. The summed E-state index contributed by atoms with van der Waals surface area (Å²) in [5, 5.41) is 0. The summed E-state index contributed by atoms with van der Waals surface area (Å²) < 4.78 is 5.80. The number of hydrogen-bond donors (Lipinski definition) is 0. The van der Waals surface area contributed by atoms with Crippen LogP contribution in [0.4, 0.5) is 0 Å². The van der Waals surface area contributed by atoms with Crippen molar-refractivity contribution in [3.63, 3.8) is 0 Å². The first-order chi connectivity index (χ1) is 5.61. The van der Waals surface area contributed by atoms with E-state index < -0.39 is 0 Å². The molecule has 2 rings (SSSR count). The smallest absolute Gasteiger partial charge is 0.0696 e. The second-order valence-electron chi connectivity index (χ2n) is 4.64. The molecule has 1 heterocycles. The van der Waals surface area contributed by atoms with Gasteiger partial charge in [-0.3, -0.25) is 0 Å². The van der Waals surface area contributed by atoms with Crippen molar-refractivity contribution in [2.45, 2.75) is 45.6 Å². The molecule has 0 bridgehead atoms. The summed E-state index contributed by atoms with van der Waals surface area (Å²) >= 11 is 0. The lowest BCUT2D eigenvalue weighted by atomic mass is 9.77. The first kappa shape index (κ1) is 8.31. The summed E-state index contributed by atoms with van der Waals surface area (Å²) in [4.78, 5) is 0. The summed E-state index contributed by atoms with van der Waals surface area (Å²) in [5.74, 6) is 0.714. The molecular weight excluding hydrogens is 148 g/mol. The van der Waals surface area contributed by atoms with Gasteiger partial charge in [0.1, 0.15) is 0 Å². The highest BCUT2D eigenvalue weighted by molar-refractivity contribution is 5.25. The monoisotopic (exact) mass is 166 g/mol. The summed E-state index contributed by atoms with van der Waals surface area (Å²) in [5.41, 5.74) is 3.31. The molecule has 0 N–H and O–H groups in total. The lowest BCUT2D eigenvalue weighted by Gasteiger charge is -2.29. The molecule has 0 aromatic heterocycles. The van der Waals surface area contributed by atoms with Gasteiger partial charge in [0.25, 0.3) is 0 Å². The predicted molar refractivity (Wildman–Crippen MR) is 50.1 cm³/mol. The zero-order valence-electron chi connectivity index (χ0n) is 8.31. The van der Waals surface area contributed by atoms with E-state index in [0.29, 0.717) is 5.92 Å². The van der Waals surface area contributed by atoms with Crippen molar-refractivity contribution in [3.8, 4) is 0 Å². The highest BCUT2D eigenvalue weighted by Crippen LogP contribution is 2.43. The van der Waals surface area contributed by atoms with Gasteiger partial charge in [0.05, 0.1) is 12.2 Å². The molecule has 0 aromatic carbocycles. The minimum atomic E-state index is 0.108. The van der Waals surface area contributed by atoms with E-state index in [0.717, 1.165) is 6.61 Å². The third-order valence-electron chi connectivity index (χ3n) is 3.45. The molecule has 1 aliphatic heterocycles. The van der Waals surface area contributed by atoms with Gasteiger partial charge >= 0.3 is 0 Å². The Morgan fingerprint density at radius 1 is 1.42 bits per heavy atom. The maximum Gasteiger partial charge on any atom is 0.0696 e. The first-order valence-corrected chi connectivity index (χ1v) is 4.94. The van der Waals surface area contributed by atoms with Crippen LogP contribution in [-0.4, -0.2) is 12.2 Å². The molecule has 0 aromatic rings. The van der Waals surface area contributed by atoms with Crippen LogP contribution in [0, 0.1) is 5.92 Å². The van der Waals surface area contributed by atoms with Gasteiger partial charge in [0.2, 0.25) is 0 Å². The molecule has 1 unspecified atom stereocenters. The van der Waals surface area contributed by atoms with Crippen LogP contribution < -0.4 is 0 Å². The van der Waals surface area contributed by atoms with Crippen molar-refractivity contribution in [3.05, 3.63) is 11.1 Å². The Morgan fingerprint density at radius 2 is 2.17 bits per heavy atom. The Labute approximate surface area is 74.8 Å². The quantitative estimate of drug-likeness (QED) is 0.503. The van der Waals surface area contributed by atoms with E-state index in [1.165, 1.54) is 19.3 Å². The molecule has 0 spiro atoms. The number of ether oxygens (including phenoxy) is 1. The summed E-state index contributed by atoms with van der Waals surface area (Å²) in [6.45, 7) is 7.61. The van der Waals surface area contributed by atoms with Crippen molar-refractivity contribution < 1.29 is 4.74 Å². The van der Waals surface area contributed by atoms with Crippen molar-refractivity contribution in [2.75, 3.05) is 6.61 Å². The molecule has 0 radical (unpaired) electrons. The van der Waals surface area contributed by atoms with Crippen LogP contribution in [0.15, 0.2) is 11.1 Å². The Kier molecular flexibility index (Phi) is 1.80. The Morgan fingerprint density at radius 3 is 2.83 bits per heavy atom. The number of rotatable bonds is 0. The molecular formula is C11H18O. The lowest BCUT2D eigenvalue weighted by molar-refractivity contribution is 0.00883. The topological polar surface area (TPSA) is 9.23 Å². The maximum atomic E-state index is 5.80. The van der Waals surface area contributed by atoms with Gasteiger partial charge in [0, 0.05) is 5.92 Å². The normalized spacial score (nSPS) is 33.8. The van der Waals surface area contributed by atoms with Gasteiger partial charge in [-0.1, -0.05) is 5.57 Å². The minimum absolute atomic E-state index is 0.108. The zero-order valence-corrected chi connectivity index (χ0v) is 8.31. The van der Waals surface area contributed by atoms with E-state index in [-0.39, 0.29) is 5.60 Å². The van der Waals surface area contributed by atoms with E-state index >= 15 is 0 Å². The van der Waals surface area contributed by atoms with Crippen LogP contribution in [0.3, 0.4) is 0 Å². The fraction of sp³-hybridized carbons (Fsp3) is 0.818. The Hall–Kier alpha value is -0.300. The molecule has 1 aliphatic carbocycles. The van der Waals surface area contributed by atoms with E-state index in [9.17, 15) is 0 Å². The summed E-state index contributed by atoms with van der Waals surface area (Å²) in [6.07, 6.45) is 3.98. The molecule has 1 fully saturated rings. The van der Waals surface area contributed by atoms with Crippen LogP contribution in [0.25, 0.3) is 0 Å². The van der Waals surface area contributed by atoms with Gasteiger partial charge < -0.3 is 4.74 Å². The molecule has 1 nitrogen and oxygen atoms in total. The average molecular weight is 166 g/mol. The van der Waals surface area contributed by atoms with E-state index in [1.807, 2.05) is 0 Å². The van der Waals surface area contributed by atoms with Gasteiger partial charge in [-0.05, 0) is 45.6 Å². The largest absolute Gasteiger partial charge is 0.371 e. The Balaban J connectivity index is 2.33. The van der Waals surface area contributed by atoms with E-state index in [1.54, 1.807) is 11.1 Å². The van der Waals surface area contributed by atoms with Crippen molar-refractivity contribution in [1.82, 2.24) is 0 Å². The molecule has 0 amide bonds. The van der Waals surface area contributed by atoms with Gasteiger partial charge in [-0.15, -0.1) is 0 Å². The second kappa shape index (κ2) is 2.59. The number of hydrogen-bond acceptors (Lipinski definition) is 1. The average Bonchev–Trinajstić information content (AvgIpc) is 2.30. The predicted octanol–water partition coefficient (Wildman–Crippen LogP) is 2.91. The minimum Gasteiger partial charge on any atom is -0.371 e. The van der Waals surface area contributed by atoms with Crippen LogP contribution in [-0.2, 0) is 4.74 Å². The fourth-order valence-corrected chi connectivity index (χ4v) is 2.56. The third-order valence-corrected chi connectivity index (χ3v) is 3.45. The zero-order chi connectivity index (χ0) is 8.77. The van der Waals surface area contributed by atoms with Gasteiger partial charge in [-0.25, -0.2) is 0 Å². The lowest BCUT2D eigenvalue weighted by Crippen LogP contribution is -2.29. The van der Waals surface area contributed by atoms with Crippen molar-refractivity contribution >= 4 is 0 Å². The van der Waals surface area contributed by atoms with Crippen LogP contribution >= 0.6 is 0 Å². The van der Waals surface area contributed by atoms with Crippen molar-refractivity contribution in [2.24, 2.45) is 5.92 Å². The van der Waals surface area contributed by atoms with Crippen LogP contribution in [0.1, 0.15) is 40.0 Å². The number of fused-ring (bicyclic) bond motifs is 1. The SMILES string of the molecule is CC1=C2COC(C)(C)C2CCC1. The molecule has 0 saturated carbocycles. The molecule has 2 aliphatic rings. The van der Waals surface area contributed by atoms with Gasteiger partial charge in [-0.2, -0.15) is 0 Å². The molecule has 12 heavy (non-hydrogen) atoms. The van der Waals surface area contributed by atoms with Gasteiger partial charge in [0.15, 0.2) is 0 Å². The highest BCUT2D eigenvalue weighted by Gasteiger charge is 2.40. The Bertz CT molecular complexity index is 225. The van der Waals surface area contributed by atoms with E-state index in [4.69, 9.17) is 4.74 Å². The molecule has 1 atom stereocenters. The van der Waals surface area contributed by atoms with Crippen molar-refractivity contribution in [1.29, 1.82) is 0 Å². The molecule has 1 saturated heterocycles. The number of allylic oxidation sites excluding steroid dienone is 1. The molecule has 68 valence electrons. The highest BCUT2D eigenvalue weighted by atomic mass is 16.5. The van der Waals surface area contributed by atoms with E-state index in [2.05, 4.69) is 20.8 Å². The van der Waals surface area contributed by atoms with Crippen LogP contribution in [0.5, 0.6) is 0 Å². The van der Waals surface area contributed by atoms with Crippen LogP contribution in [0.2, 0.25) is 0 Å². The summed E-state index contributed by atoms with van der Waals surface area (Å²) in [6, 6.07) is 0. The standard InChI is InChI=1S/C11H18O/c1-8-5-4-6-10-9(8)7-12-11(10,2)3/h10H,4-7H2,1-3H3.